The Morgan fingerprint density at radius 2 is 1.86 bits per heavy atom. The van der Waals surface area contributed by atoms with E-state index >= 15 is 0 Å². The van der Waals surface area contributed by atoms with Crippen LogP contribution < -0.4 is 5.32 Å². The average Bonchev–Trinajstić information content (AvgIpc) is 2.71. The molecule has 0 aromatic heterocycles. The van der Waals surface area contributed by atoms with Gasteiger partial charge in [-0.25, -0.2) is 4.99 Å². The molecule has 1 N–H and O–H groups in total. The normalized spacial score (nSPS) is 15.0. The molecule has 0 spiro atoms. The molecule has 0 saturated carbocycles. The second kappa shape index (κ2) is 14.6. The van der Waals surface area contributed by atoms with Crippen molar-refractivity contribution in [3.05, 3.63) is 35.9 Å². The van der Waals surface area contributed by atoms with E-state index in [1.807, 2.05) is 6.92 Å². The van der Waals surface area contributed by atoms with Gasteiger partial charge in [-0.05, 0) is 18.9 Å². The van der Waals surface area contributed by atoms with Crippen LogP contribution in [-0.2, 0) is 16.1 Å². The van der Waals surface area contributed by atoms with Gasteiger partial charge in [0.15, 0.2) is 5.96 Å². The number of guanidine groups is 1. The minimum Gasteiger partial charge on any atom is -0.382 e. The molecule has 0 atom stereocenters. The van der Waals surface area contributed by atoms with Crippen LogP contribution in [0.5, 0.6) is 0 Å². The highest BCUT2D eigenvalue weighted by molar-refractivity contribution is 14.0. The predicted octanol–water partition coefficient (Wildman–Crippen LogP) is 1.88. The zero-order valence-corrected chi connectivity index (χ0v) is 20.3. The fourth-order valence-electron chi connectivity index (χ4n) is 3.03. The summed E-state index contributed by atoms with van der Waals surface area (Å²) in [6.45, 7) is 9.18. The van der Waals surface area contributed by atoms with Gasteiger partial charge >= 0.3 is 0 Å². The molecule has 0 aliphatic carbocycles. The maximum atomic E-state index is 11.9. The molecular formula is C21H36IN5O2. The molecule has 164 valence electrons. The molecule has 0 unspecified atom stereocenters. The summed E-state index contributed by atoms with van der Waals surface area (Å²) in [5.74, 6) is 0.836. The molecule has 1 aliphatic heterocycles. The Morgan fingerprint density at radius 3 is 2.48 bits per heavy atom. The zero-order chi connectivity index (χ0) is 20.2. The van der Waals surface area contributed by atoms with Crippen LogP contribution in [0.15, 0.2) is 35.3 Å². The molecule has 29 heavy (non-hydrogen) atoms. The lowest BCUT2D eigenvalue weighted by Crippen LogP contribution is -2.52. The third-order valence-electron chi connectivity index (χ3n) is 4.74. The number of rotatable bonds is 9. The molecule has 1 saturated heterocycles. The summed E-state index contributed by atoms with van der Waals surface area (Å²) >= 11 is 0. The number of nitrogens with zero attached hydrogens (tertiary/aromatic N) is 4. The van der Waals surface area contributed by atoms with Crippen LogP contribution in [0.1, 0.15) is 18.9 Å². The molecule has 1 fully saturated rings. The van der Waals surface area contributed by atoms with Gasteiger partial charge in [0.25, 0.3) is 0 Å². The number of carbonyl (C=O) groups excluding carboxylic acids is 1. The van der Waals surface area contributed by atoms with Crippen LogP contribution in [0.25, 0.3) is 0 Å². The molecule has 8 heteroatoms. The van der Waals surface area contributed by atoms with Crippen molar-refractivity contribution in [1.29, 1.82) is 0 Å². The Bertz CT molecular complexity index is 604. The third-order valence-corrected chi connectivity index (χ3v) is 4.74. The van der Waals surface area contributed by atoms with Crippen molar-refractivity contribution >= 4 is 35.8 Å². The lowest BCUT2D eigenvalue weighted by Gasteiger charge is -2.36. The standard InChI is InChI=1S/C21H35N5O2.HI/c1-4-28-16-8-11-22-21(23-17-20(27)24(2)3)26-14-12-25(13-15-26)18-19-9-6-5-7-10-19;/h5-7,9-10H,4,8,11-18H2,1-3H3,(H,22,23);1H. The Labute approximate surface area is 192 Å². The number of benzene rings is 1. The smallest absolute Gasteiger partial charge is 0.243 e. The monoisotopic (exact) mass is 517 g/mol. The first-order valence-electron chi connectivity index (χ1n) is 10.2. The van der Waals surface area contributed by atoms with E-state index in [4.69, 9.17) is 4.74 Å². The van der Waals surface area contributed by atoms with Crippen molar-refractivity contribution in [2.24, 2.45) is 4.99 Å². The lowest BCUT2D eigenvalue weighted by molar-refractivity contribution is -0.127. The number of ether oxygens (including phenoxy) is 1. The van der Waals surface area contributed by atoms with Gasteiger partial charge in [-0.15, -0.1) is 24.0 Å². The van der Waals surface area contributed by atoms with E-state index in [2.05, 4.69) is 50.4 Å². The summed E-state index contributed by atoms with van der Waals surface area (Å²) in [4.78, 5) is 22.8. The number of aliphatic imine (C=N–C) groups is 1. The fourth-order valence-corrected chi connectivity index (χ4v) is 3.03. The van der Waals surface area contributed by atoms with Crippen molar-refractivity contribution < 1.29 is 9.53 Å². The molecule has 1 heterocycles. The number of nitrogens with one attached hydrogen (secondary N) is 1. The van der Waals surface area contributed by atoms with E-state index < -0.39 is 0 Å². The Hall–Kier alpha value is -1.39. The first-order chi connectivity index (χ1) is 13.6. The molecule has 0 bridgehead atoms. The Morgan fingerprint density at radius 1 is 1.17 bits per heavy atom. The zero-order valence-electron chi connectivity index (χ0n) is 18.0. The molecule has 1 aromatic rings. The average molecular weight is 517 g/mol. The van der Waals surface area contributed by atoms with Gasteiger partial charge in [0.05, 0.1) is 0 Å². The van der Waals surface area contributed by atoms with E-state index in [1.165, 1.54) is 5.56 Å². The number of piperazine rings is 1. The number of carbonyl (C=O) groups is 1. The highest BCUT2D eigenvalue weighted by Gasteiger charge is 2.20. The van der Waals surface area contributed by atoms with Crippen LogP contribution in [0.2, 0.25) is 0 Å². The number of likely N-dealkylation sites (N-methyl/N-ethyl adjacent to an activating group) is 1. The summed E-state index contributed by atoms with van der Waals surface area (Å²) in [6, 6.07) is 10.6. The van der Waals surface area contributed by atoms with E-state index in [9.17, 15) is 4.79 Å². The summed E-state index contributed by atoms with van der Waals surface area (Å²) in [5, 5.41) is 3.41. The van der Waals surface area contributed by atoms with Gasteiger partial charge in [0.1, 0.15) is 6.54 Å². The molecular weight excluding hydrogens is 481 g/mol. The quantitative estimate of drug-likeness (QED) is 0.235. The highest BCUT2D eigenvalue weighted by Crippen LogP contribution is 2.08. The summed E-state index contributed by atoms with van der Waals surface area (Å²) in [6.07, 6.45) is 0.919. The van der Waals surface area contributed by atoms with Crippen LogP contribution in [0.4, 0.5) is 0 Å². The fraction of sp³-hybridized carbons (Fsp3) is 0.619. The van der Waals surface area contributed by atoms with Crippen LogP contribution in [0, 0.1) is 0 Å². The SMILES string of the molecule is CCOCCCNC(=NCC(=O)N(C)C)N1CCN(Cc2ccccc2)CC1.I. The van der Waals surface area contributed by atoms with E-state index in [0.717, 1.165) is 64.9 Å². The van der Waals surface area contributed by atoms with Crippen LogP contribution in [0.3, 0.4) is 0 Å². The van der Waals surface area contributed by atoms with Crippen molar-refractivity contribution in [2.75, 3.05) is 66.6 Å². The summed E-state index contributed by atoms with van der Waals surface area (Å²) < 4.78 is 5.40. The number of hydrogen-bond donors (Lipinski definition) is 1. The van der Waals surface area contributed by atoms with Gasteiger partial charge in [-0.1, -0.05) is 30.3 Å². The van der Waals surface area contributed by atoms with Crippen LogP contribution in [-0.4, -0.2) is 93.1 Å². The molecule has 0 radical (unpaired) electrons. The second-order valence-corrected chi connectivity index (χ2v) is 7.15. The molecule has 7 nitrogen and oxygen atoms in total. The highest BCUT2D eigenvalue weighted by atomic mass is 127. The van der Waals surface area contributed by atoms with Gasteiger partial charge in [0, 0.05) is 66.6 Å². The van der Waals surface area contributed by atoms with Crippen molar-refractivity contribution in [2.45, 2.75) is 19.9 Å². The molecule has 1 aromatic carbocycles. The van der Waals surface area contributed by atoms with Gasteiger partial charge in [-0.2, -0.15) is 0 Å². The number of amides is 1. The second-order valence-electron chi connectivity index (χ2n) is 7.15. The largest absolute Gasteiger partial charge is 0.382 e. The minimum absolute atomic E-state index is 0. The molecule has 1 amide bonds. The Balaban J connectivity index is 0.00000420. The van der Waals surface area contributed by atoms with Crippen molar-refractivity contribution in [1.82, 2.24) is 20.0 Å². The van der Waals surface area contributed by atoms with Gasteiger partial charge < -0.3 is 19.9 Å². The molecule has 2 rings (SSSR count). The van der Waals surface area contributed by atoms with Crippen LogP contribution >= 0.6 is 24.0 Å². The van der Waals surface area contributed by atoms with E-state index in [1.54, 1.807) is 19.0 Å². The van der Waals surface area contributed by atoms with Crippen molar-refractivity contribution in [3.8, 4) is 0 Å². The molecule has 1 aliphatic rings. The maximum absolute atomic E-state index is 11.9. The first-order valence-corrected chi connectivity index (χ1v) is 10.2. The van der Waals surface area contributed by atoms with Gasteiger partial charge in [0.2, 0.25) is 5.91 Å². The summed E-state index contributed by atoms with van der Waals surface area (Å²) in [7, 11) is 3.52. The number of hydrogen-bond acceptors (Lipinski definition) is 4. The third kappa shape index (κ3) is 9.77. The van der Waals surface area contributed by atoms with Crippen molar-refractivity contribution in [3.63, 3.8) is 0 Å². The topological polar surface area (TPSA) is 60.4 Å². The Kier molecular flexibility index (Phi) is 12.9. The predicted molar refractivity (Wildman–Crippen MR) is 129 cm³/mol. The van der Waals surface area contributed by atoms with E-state index in [-0.39, 0.29) is 36.4 Å². The summed E-state index contributed by atoms with van der Waals surface area (Å²) in [5.41, 5.74) is 1.34. The first kappa shape index (κ1) is 25.6. The number of halogens is 1. The van der Waals surface area contributed by atoms with E-state index in [0.29, 0.717) is 0 Å². The van der Waals surface area contributed by atoms with Gasteiger partial charge in [-0.3, -0.25) is 9.69 Å². The lowest BCUT2D eigenvalue weighted by atomic mass is 10.2. The maximum Gasteiger partial charge on any atom is 0.243 e. The minimum atomic E-state index is 0.